The molecular weight excluding hydrogens is 442 g/mol. The van der Waals surface area contributed by atoms with Gasteiger partial charge in [-0.05, 0) is 57.0 Å². The van der Waals surface area contributed by atoms with Crippen molar-refractivity contribution in [3.05, 3.63) is 20.6 Å². The van der Waals surface area contributed by atoms with Crippen molar-refractivity contribution in [1.29, 1.82) is 0 Å². The van der Waals surface area contributed by atoms with Gasteiger partial charge in [-0.25, -0.2) is 0 Å². The van der Waals surface area contributed by atoms with Crippen molar-refractivity contribution in [1.82, 2.24) is 9.13 Å². The van der Waals surface area contributed by atoms with Crippen LogP contribution in [0.25, 0.3) is 0 Å². The molecule has 2 aromatic rings. The molecule has 0 radical (unpaired) electrons. The van der Waals surface area contributed by atoms with E-state index < -0.39 is 0 Å². The molecule has 0 N–H and O–H groups in total. The van der Waals surface area contributed by atoms with Gasteiger partial charge in [0.25, 0.3) is 0 Å². The minimum atomic E-state index is 0.675. The zero-order valence-corrected chi connectivity index (χ0v) is 17.7. The summed E-state index contributed by atoms with van der Waals surface area (Å²) in [4.78, 5) is 3.94. The maximum Gasteiger partial charge on any atom is 0.125 e. The Morgan fingerprint density at radius 1 is 0.591 bits per heavy atom. The highest BCUT2D eigenvalue weighted by Gasteiger charge is 2.29. The molecule has 0 amide bonds. The summed E-state index contributed by atoms with van der Waals surface area (Å²) in [6, 6.07) is 0. The average Bonchev–Trinajstić information content (AvgIpc) is 2.82. The molecule has 3 heterocycles. The average molecular weight is 452 g/mol. The van der Waals surface area contributed by atoms with Crippen molar-refractivity contribution in [2.24, 2.45) is 0 Å². The van der Waals surface area contributed by atoms with Gasteiger partial charge < -0.3 is 9.13 Å². The molecule has 0 saturated heterocycles. The van der Waals surface area contributed by atoms with Gasteiger partial charge in [0.05, 0.1) is 19.6 Å². The van der Waals surface area contributed by atoms with Gasteiger partial charge in [0.15, 0.2) is 0 Å². The van der Waals surface area contributed by atoms with Crippen molar-refractivity contribution >= 4 is 89.6 Å². The van der Waals surface area contributed by atoms with Gasteiger partial charge >= 0.3 is 0 Å². The first-order valence-electron chi connectivity index (χ1n) is 6.35. The molecule has 1 aliphatic heterocycles. The summed E-state index contributed by atoms with van der Waals surface area (Å²) < 4.78 is 3.81. The number of hydrogen-bond acceptors (Lipinski definition) is 4. The molecule has 3 rings (SSSR count). The van der Waals surface area contributed by atoms with Crippen molar-refractivity contribution < 1.29 is 0 Å². The molecule has 0 saturated carbocycles. The van der Waals surface area contributed by atoms with Gasteiger partial charge in [-0.3, -0.25) is 0 Å². The molecule has 0 fully saturated rings. The van der Waals surface area contributed by atoms with Crippen LogP contribution >= 0.6 is 89.6 Å². The van der Waals surface area contributed by atoms with Crippen LogP contribution in [0.4, 0.5) is 0 Å². The first-order chi connectivity index (χ1) is 10.5. The lowest BCUT2D eigenvalue weighted by molar-refractivity contribution is 0.764. The van der Waals surface area contributed by atoms with Crippen LogP contribution in [-0.2, 0) is 13.1 Å². The van der Waals surface area contributed by atoms with E-state index in [1.807, 2.05) is 23.0 Å². The fourth-order valence-electron chi connectivity index (χ4n) is 2.05. The van der Waals surface area contributed by atoms with Gasteiger partial charge in [-0.15, -0.1) is 0 Å². The van der Waals surface area contributed by atoms with E-state index in [1.54, 1.807) is 43.2 Å². The normalized spacial score (nSPS) is 14.5. The number of hydrogen-bond donors (Lipinski definition) is 0. The van der Waals surface area contributed by atoms with Crippen molar-refractivity contribution in [2.75, 3.05) is 0 Å². The van der Waals surface area contributed by atoms with Crippen LogP contribution in [-0.4, -0.2) is 9.13 Å². The summed E-state index contributed by atoms with van der Waals surface area (Å²) in [5, 5.41) is 2.70. The minimum absolute atomic E-state index is 0.675. The van der Waals surface area contributed by atoms with E-state index in [9.17, 15) is 0 Å². The maximum atomic E-state index is 6.46. The molecule has 0 atom stereocenters. The molecule has 0 spiro atoms. The molecule has 0 bridgehead atoms. The summed E-state index contributed by atoms with van der Waals surface area (Å²) >= 11 is 25.8. The fourth-order valence-corrected chi connectivity index (χ4v) is 10.4. The molecular formula is C12H10Cl4N2S4. The van der Waals surface area contributed by atoms with Crippen molar-refractivity contribution in [3.63, 3.8) is 0 Å². The van der Waals surface area contributed by atoms with E-state index in [4.69, 9.17) is 46.4 Å². The second-order valence-electron chi connectivity index (χ2n) is 4.30. The minimum Gasteiger partial charge on any atom is -0.321 e. The van der Waals surface area contributed by atoms with Crippen LogP contribution in [0.2, 0.25) is 20.6 Å². The van der Waals surface area contributed by atoms with Crippen LogP contribution in [0.5, 0.6) is 0 Å². The lowest BCUT2D eigenvalue weighted by atomic mass is 10.6. The monoisotopic (exact) mass is 450 g/mol. The molecule has 1 aliphatic rings. The Hall–Kier alpha value is 1.12. The molecule has 22 heavy (non-hydrogen) atoms. The van der Waals surface area contributed by atoms with E-state index in [2.05, 4.69) is 0 Å². The zero-order valence-electron chi connectivity index (χ0n) is 11.5. The predicted octanol–water partition coefficient (Wildman–Crippen LogP) is 7.86. The maximum absolute atomic E-state index is 6.46. The Balaban J connectivity index is 2.07. The van der Waals surface area contributed by atoms with Crippen molar-refractivity contribution in [2.45, 2.75) is 46.5 Å². The summed E-state index contributed by atoms with van der Waals surface area (Å²) in [5.41, 5.74) is 0. The molecule has 2 nitrogen and oxygen atoms in total. The van der Waals surface area contributed by atoms with Gasteiger partial charge in [0, 0.05) is 13.1 Å². The summed E-state index contributed by atoms with van der Waals surface area (Å²) in [7, 11) is 6.31. The highest BCUT2D eigenvalue weighted by atomic mass is 35.5. The quantitative estimate of drug-likeness (QED) is 0.429. The molecule has 0 unspecified atom stereocenters. The van der Waals surface area contributed by atoms with E-state index in [0.29, 0.717) is 20.6 Å². The third kappa shape index (κ3) is 2.81. The van der Waals surface area contributed by atoms with Gasteiger partial charge in [-0.2, -0.15) is 0 Å². The van der Waals surface area contributed by atoms with Crippen LogP contribution < -0.4 is 0 Å². The van der Waals surface area contributed by atoms with E-state index >= 15 is 0 Å². The second-order valence-corrected chi connectivity index (χ2v) is 10.0. The summed E-state index contributed by atoms with van der Waals surface area (Å²) in [5.74, 6) is 0. The standard InChI is InChI=1S/C12H10Cl4N2S4/c1-3-17-9(13)5-6(10(17)14)20-22-8-7(21-19-5)11(15)18(4-2)12(8)16/h3-4H2,1-2H3. The van der Waals surface area contributed by atoms with Gasteiger partial charge in [-0.1, -0.05) is 46.4 Å². The summed E-state index contributed by atoms with van der Waals surface area (Å²) in [6.45, 7) is 5.51. The SMILES string of the molecule is CCn1c(Cl)c2c(c1Cl)SSc1c(c(Cl)n(CC)c1Cl)SS2. The van der Waals surface area contributed by atoms with Crippen LogP contribution in [0.1, 0.15) is 13.8 Å². The van der Waals surface area contributed by atoms with Crippen molar-refractivity contribution in [3.8, 4) is 0 Å². The number of nitrogens with zero attached hydrogens (tertiary/aromatic N) is 2. The highest BCUT2D eigenvalue weighted by Crippen LogP contribution is 2.60. The second kappa shape index (κ2) is 7.16. The van der Waals surface area contributed by atoms with E-state index in [-0.39, 0.29) is 0 Å². The molecule has 2 aromatic heterocycles. The largest absolute Gasteiger partial charge is 0.321 e. The number of aromatic nitrogens is 2. The Labute approximate surface area is 164 Å². The molecule has 0 aliphatic carbocycles. The van der Waals surface area contributed by atoms with Crippen LogP contribution in [0.3, 0.4) is 0 Å². The fraction of sp³-hybridized carbons (Fsp3) is 0.333. The van der Waals surface area contributed by atoms with Crippen LogP contribution in [0, 0.1) is 0 Å². The van der Waals surface area contributed by atoms with Crippen LogP contribution in [0.15, 0.2) is 19.6 Å². The third-order valence-corrected chi connectivity index (χ3v) is 10.4. The van der Waals surface area contributed by atoms with Gasteiger partial charge in [0.1, 0.15) is 20.6 Å². The van der Waals surface area contributed by atoms with E-state index in [1.165, 1.54) is 0 Å². The third-order valence-electron chi connectivity index (χ3n) is 3.16. The highest BCUT2D eigenvalue weighted by molar-refractivity contribution is 8.79. The molecule has 120 valence electrons. The first kappa shape index (κ1) is 17.9. The number of fused-ring (bicyclic) bond motifs is 2. The Kier molecular flexibility index (Phi) is 5.84. The Morgan fingerprint density at radius 3 is 1.00 bits per heavy atom. The number of halogens is 4. The smallest absolute Gasteiger partial charge is 0.125 e. The Bertz CT molecular complexity index is 623. The topological polar surface area (TPSA) is 9.86 Å². The predicted molar refractivity (Wildman–Crippen MR) is 104 cm³/mol. The van der Waals surface area contributed by atoms with E-state index in [0.717, 1.165) is 32.7 Å². The lowest BCUT2D eigenvalue weighted by Crippen LogP contribution is -1.93. The zero-order chi connectivity index (χ0) is 16.0. The Morgan fingerprint density at radius 2 is 0.818 bits per heavy atom. The number of rotatable bonds is 2. The van der Waals surface area contributed by atoms with Gasteiger partial charge in [0.2, 0.25) is 0 Å². The lowest BCUT2D eigenvalue weighted by Gasteiger charge is -2.09. The first-order valence-corrected chi connectivity index (χ1v) is 12.2. The summed E-state index contributed by atoms with van der Waals surface area (Å²) in [6.07, 6.45) is 0. The molecule has 0 aromatic carbocycles. The molecule has 10 heteroatoms.